The first-order valence-electron chi connectivity index (χ1n) is 9.99. The predicted molar refractivity (Wildman–Crippen MR) is 117 cm³/mol. The first-order chi connectivity index (χ1) is 14.2. The summed E-state index contributed by atoms with van der Waals surface area (Å²) in [6, 6.07) is 17.8. The minimum Gasteiger partial charge on any atom is -0.339 e. The van der Waals surface area contributed by atoms with Crippen LogP contribution >= 0.6 is 11.6 Å². The van der Waals surface area contributed by atoms with Crippen LogP contribution in [0.3, 0.4) is 0 Å². The second kappa shape index (κ2) is 9.10. The zero-order valence-electron chi connectivity index (χ0n) is 16.2. The van der Waals surface area contributed by atoms with Crippen molar-refractivity contribution >= 4 is 23.6 Å². The summed E-state index contributed by atoms with van der Waals surface area (Å²) in [5.41, 5.74) is 2.00. The molecule has 1 aliphatic heterocycles. The summed E-state index contributed by atoms with van der Waals surface area (Å²) in [4.78, 5) is 19.0. The summed E-state index contributed by atoms with van der Waals surface area (Å²) >= 11 is 6.15. The number of halogens is 1. The highest BCUT2D eigenvalue weighted by Gasteiger charge is 2.22. The molecular formula is C24H24ClN3O. The number of carbonyl (C=O) groups excluding carboxylic acids is 1. The summed E-state index contributed by atoms with van der Waals surface area (Å²) in [5, 5.41) is 0.657. The fraction of sp³-hybridized carbons (Fsp3) is 0.250. The van der Waals surface area contributed by atoms with E-state index in [0.29, 0.717) is 10.9 Å². The topological polar surface area (TPSA) is 38.1 Å². The fourth-order valence-corrected chi connectivity index (χ4v) is 3.99. The van der Waals surface area contributed by atoms with Crippen molar-refractivity contribution in [1.29, 1.82) is 0 Å². The second-order valence-corrected chi connectivity index (χ2v) is 7.80. The van der Waals surface area contributed by atoms with Gasteiger partial charge in [0.05, 0.1) is 0 Å². The van der Waals surface area contributed by atoms with Crippen molar-refractivity contribution in [2.45, 2.75) is 19.4 Å². The van der Waals surface area contributed by atoms with E-state index in [1.165, 1.54) is 0 Å². The molecule has 0 saturated carbocycles. The highest BCUT2D eigenvalue weighted by Crippen LogP contribution is 2.24. The molecule has 4 nitrogen and oxygen atoms in total. The number of nitrogens with zero attached hydrogens (tertiary/aromatic N) is 3. The average Bonchev–Trinajstić information content (AvgIpc) is 3.22. The van der Waals surface area contributed by atoms with Crippen molar-refractivity contribution < 1.29 is 4.79 Å². The van der Waals surface area contributed by atoms with Crippen LogP contribution < -0.4 is 0 Å². The molecule has 1 saturated heterocycles. The Hall–Kier alpha value is -2.85. The Morgan fingerprint density at radius 1 is 1.07 bits per heavy atom. The summed E-state index contributed by atoms with van der Waals surface area (Å²) in [6.45, 7) is 2.50. The smallest absolute Gasteiger partial charge is 0.246 e. The van der Waals surface area contributed by atoms with Crippen LogP contribution in [0.5, 0.6) is 0 Å². The number of imidazole rings is 1. The molecule has 1 aliphatic rings. The van der Waals surface area contributed by atoms with Gasteiger partial charge in [-0.2, -0.15) is 0 Å². The maximum atomic E-state index is 12.5. The van der Waals surface area contributed by atoms with E-state index in [4.69, 9.17) is 11.6 Å². The van der Waals surface area contributed by atoms with Gasteiger partial charge in [-0.05, 0) is 36.5 Å². The Bertz CT molecular complexity index is 988. The lowest BCUT2D eigenvalue weighted by molar-refractivity contribution is -0.127. The Morgan fingerprint density at radius 3 is 2.55 bits per heavy atom. The Balaban J connectivity index is 1.33. The van der Waals surface area contributed by atoms with E-state index >= 15 is 0 Å². The first kappa shape index (κ1) is 19.5. The first-order valence-corrected chi connectivity index (χ1v) is 10.4. The van der Waals surface area contributed by atoms with Gasteiger partial charge in [0.1, 0.15) is 5.82 Å². The zero-order chi connectivity index (χ0) is 20.1. The van der Waals surface area contributed by atoms with E-state index in [9.17, 15) is 4.79 Å². The molecule has 0 atom stereocenters. The van der Waals surface area contributed by atoms with Crippen molar-refractivity contribution in [3.05, 3.63) is 83.7 Å². The number of piperidine rings is 1. The quantitative estimate of drug-likeness (QED) is 0.550. The van der Waals surface area contributed by atoms with Crippen molar-refractivity contribution in [3.8, 4) is 11.4 Å². The monoisotopic (exact) mass is 405 g/mol. The third-order valence-corrected chi connectivity index (χ3v) is 5.78. The zero-order valence-corrected chi connectivity index (χ0v) is 17.0. The highest BCUT2D eigenvalue weighted by atomic mass is 35.5. The van der Waals surface area contributed by atoms with Gasteiger partial charge in [-0.15, -0.1) is 0 Å². The average molecular weight is 406 g/mol. The molecular weight excluding hydrogens is 382 g/mol. The van der Waals surface area contributed by atoms with Crippen molar-refractivity contribution in [2.75, 3.05) is 13.1 Å². The van der Waals surface area contributed by atoms with Gasteiger partial charge in [0.15, 0.2) is 0 Å². The molecule has 0 N–H and O–H groups in total. The third kappa shape index (κ3) is 4.77. The van der Waals surface area contributed by atoms with Crippen LogP contribution in [0.2, 0.25) is 5.02 Å². The van der Waals surface area contributed by atoms with Gasteiger partial charge in [-0.1, -0.05) is 60.1 Å². The molecule has 0 unspecified atom stereocenters. The Labute approximate surface area is 176 Å². The largest absolute Gasteiger partial charge is 0.339 e. The lowest BCUT2D eigenvalue weighted by Gasteiger charge is -2.31. The standard InChI is InChI=1S/C24H24ClN3O/c25-22-9-5-4-6-20(22)10-11-23(29)27-15-12-19(13-16-27)18-28-17-14-26-24(28)21-7-2-1-3-8-21/h1-11,14,17,19H,12-13,15-16,18H2/b11-10+. The number of carbonyl (C=O) groups is 1. The number of benzene rings is 2. The van der Waals surface area contributed by atoms with E-state index in [1.54, 1.807) is 12.2 Å². The number of amides is 1. The highest BCUT2D eigenvalue weighted by molar-refractivity contribution is 6.32. The van der Waals surface area contributed by atoms with E-state index < -0.39 is 0 Å². The molecule has 0 bridgehead atoms. The maximum absolute atomic E-state index is 12.5. The van der Waals surface area contributed by atoms with Crippen LogP contribution in [0.4, 0.5) is 0 Å². The van der Waals surface area contributed by atoms with Gasteiger partial charge in [0, 0.05) is 48.7 Å². The molecule has 148 valence electrons. The minimum atomic E-state index is 0.0518. The molecule has 0 spiro atoms. The van der Waals surface area contributed by atoms with Crippen LogP contribution in [-0.4, -0.2) is 33.4 Å². The van der Waals surface area contributed by atoms with Crippen LogP contribution in [0.15, 0.2) is 73.1 Å². The predicted octanol–water partition coefficient (Wildman–Crippen LogP) is 5.16. The summed E-state index contributed by atoms with van der Waals surface area (Å²) < 4.78 is 2.23. The van der Waals surface area contributed by atoms with Crippen LogP contribution in [-0.2, 0) is 11.3 Å². The van der Waals surface area contributed by atoms with Crippen LogP contribution in [0, 0.1) is 5.92 Å². The molecule has 2 aromatic carbocycles. The number of hydrogen-bond acceptors (Lipinski definition) is 2. The summed E-state index contributed by atoms with van der Waals surface area (Å²) in [5.74, 6) is 1.60. The van der Waals surface area contributed by atoms with E-state index in [1.807, 2.05) is 59.8 Å². The van der Waals surface area contributed by atoms with Crippen molar-refractivity contribution in [3.63, 3.8) is 0 Å². The number of likely N-dealkylation sites (tertiary alicyclic amines) is 1. The van der Waals surface area contributed by atoms with Gasteiger partial charge < -0.3 is 9.47 Å². The Kier molecular flexibility index (Phi) is 6.11. The maximum Gasteiger partial charge on any atom is 0.246 e. The normalized spacial score (nSPS) is 15.1. The van der Waals surface area contributed by atoms with Gasteiger partial charge in [0.2, 0.25) is 5.91 Å². The Morgan fingerprint density at radius 2 is 1.79 bits per heavy atom. The number of aromatic nitrogens is 2. The molecule has 29 heavy (non-hydrogen) atoms. The molecule has 2 heterocycles. The van der Waals surface area contributed by atoms with E-state index in [2.05, 4.69) is 21.7 Å². The van der Waals surface area contributed by atoms with Crippen LogP contribution in [0.25, 0.3) is 17.5 Å². The molecule has 1 aromatic heterocycles. The molecule has 0 radical (unpaired) electrons. The van der Waals surface area contributed by atoms with Crippen molar-refractivity contribution in [2.24, 2.45) is 5.92 Å². The number of hydrogen-bond donors (Lipinski definition) is 0. The van der Waals surface area contributed by atoms with Gasteiger partial charge >= 0.3 is 0 Å². The van der Waals surface area contributed by atoms with E-state index in [0.717, 1.165) is 49.4 Å². The summed E-state index contributed by atoms with van der Waals surface area (Å²) in [6.07, 6.45) is 9.34. The molecule has 0 aliphatic carbocycles. The summed E-state index contributed by atoms with van der Waals surface area (Å²) in [7, 11) is 0. The van der Waals surface area contributed by atoms with Crippen molar-refractivity contribution in [1.82, 2.24) is 14.5 Å². The molecule has 1 fully saturated rings. The van der Waals surface area contributed by atoms with Gasteiger partial charge in [0.25, 0.3) is 0 Å². The van der Waals surface area contributed by atoms with Gasteiger partial charge in [-0.25, -0.2) is 4.98 Å². The van der Waals surface area contributed by atoms with Gasteiger partial charge in [-0.3, -0.25) is 4.79 Å². The molecule has 4 rings (SSSR count). The third-order valence-electron chi connectivity index (χ3n) is 5.44. The molecule has 5 heteroatoms. The second-order valence-electron chi connectivity index (χ2n) is 7.39. The van der Waals surface area contributed by atoms with Crippen LogP contribution in [0.1, 0.15) is 18.4 Å². The molecule has 1 amide bonds. The number of rotatable bonds is 5. The lowest BCUT2D eigenvalue weighted by atomic mass is 9.96. The SMILES string of the molecule is O=C(/C=C/c1ccccc1Cl)N1CCC(Cn2ccnc2-c2ccccc2)CC1. The molecule has 3 aromatic rings. The lowest BCUT2D eigenvalue weighted by Crippen LogP contribution is -2.38. The minimum absolute atomic E-state index is 0.0518. The fourth-order valence-electron chi connectivity index (χ4n) is 3.79. The van der Waals surface area contributed by atoms with E-state index in [-0.39, 0.29) is 5.91 Å².